The van der Waals surface area contributed by atoms with E-state index in [1.54, 1.807) is 0 Å². The van der Waals surface area contributed by atoms with Gasteiger partial charge >= 0.3 is 0 Å². The average molecular weight is 327 g/mol. The van der Waals surface area contributed by atoms with Crippen LogP contribution in [0.5, 0.6) is 0 Å². The highest BCUT2D eigenvalue weighted by molar-refractivity contribution is 9.09. The summed E-state index contributed by atoms with van der Waals surface area (Å²) >= 11 is 3.92. The minimum atomic E-state index is 0.00422. The van der Waals surface area contributed by atoms with Gasteiger partial charge in [0.15, 0.2) is 0 Å². The summed E-state index contributed by atoms with van der Waals surface area (Å²) in [5.41, 5.74) is 0. The van der Waals surface area contributed by atoms with Crippen molar-refractivity contribution >= 4 is 15.9 Å². The monoisotopic (exact) mass is 326 g/mol. The van der Waals surface area contributed by atoms with Crippen LogP contribution in [0.2, 0.25) is 0 Å². The van der Waals surface area contributed by atoms with Crippen molar-refractivity contribution in [3.05, 3.63) is 0 Å². The molecule has 1 N–H and O–H groups in total. The van der Waals surface area contributed by atoms with Crippen LogP contribution in [0.1, 0.15) is 57.8 Å². The fourth-order valence-corrected chi connectivity index (χ4v) is 7.34. The highest BCUT2D eigenvalue weighted by atomic mass is 79.9. The van der Waals surface area contributed by atoms with Crippen molar-refractivity contribution in [3.8, 4) is 0 Å². The zero-order valence-corrected chi connectivity index (χ0v) is 13.4. The molecule has 1 nitrogen and oxygen atoms in total. The average Bonchev–Trinajstić information content (AvgIpc) is 2.90. The largest absolute Gasteiger partial charge is 0.393 e. The van der Waals surface area contributed by atoms with Gasteiger partial charge in [0.1, 0.15) is 0 Å². The van der Waals surface area contributed by atoms with Crippen molar-refractivity contribution in [1.82, 2.24) is 0 Å². The quantitative estimate of drug-likeness (QED) is 0.655. The summed E-state index contributed by atoms with van der Waals surface area (Å²) in [6.07, 6.45) is 12.4. The van der Waals surface area contributed by atoms with E-state index >= 15 is 0 Å². The number of alkyl halides is 1. The zero-order chi connectivity index (χ0) is 13.0. The van der Waals surface area contributed by atoms with Crippen LogP contribution < -0.4 is 0 Å². The predicted octanol–water partition coefficient (Wildman–Crippen LogP) is 4.37. The molecule has 8 atom stereocenters. The molecule has 0 spiro atoms. The number of fused-ring (bicyclic) bond motifs is 5. The summed E-state index contributed by atoms with van der Waals surface area (Å²) in [6.45, 7) is 0. The maximum Gasteiger partial charge on any atom is 0.0574 e. The molecule has 0 aromatic rings. The van der Waals surface area contributed by atoms with E-state index in [1.807, 2.05) is 0 Å². The maximum absolute atomic E-state index is 10.6. The van der Waals surface area contributed by atoms with E-state index < -0.39 is 0 Å². The fraction of sp³-hybridized carbons (Fsp3) is 1.00. The van der Waals surface area contributed by atoms with Crippen LogP contribution in [0.3, 0.4) is 0 Å². The molecule has 4 fully saturated rings. The third kappa shape index (κ3) is 2.04. The Morgan fingerprint density at radius 1 is 0.684 bits per heavy atom. The third-order valence-electron chi connectivity index (χ3n) is 7.16. The van der Waals surface area contributed by atoms with Crippen LogP contribution in [-0.2, 0) is 0 Å². The summed E-state index contributed by atoms with van der Waals surface area (Å²) in [4.78, 5) is 0.683. The number of hydrogen-bond donors (Lipinski definition) is 1. The number of aliphatic hydroxyl groups excluding tert-OH is 1. The first-order chi connectivity index (χ1) is 9.25. The smallest absolute Gasteiger partial charge is 0.0574 e. The lowest BCUT2D eigenvalue weighted by Gasteiger charge is -2.54. The Kier molecular flexibility index (Phi) is 3.47. The van der Waals surface area contributed by atoms with Gasteiger partial charge in [-0.05, 0) is 80.5 Å². The van der Waals surface area contributed by atoms with Crippen LogP contribution in [0.4, 0.5) is 0 Å². The molecule has 0 bridgehead atoms. The van der Waals surface area contributed by atoms with E-state index in [4.69, 9.17) is 0 Å². The Balaban J connectivity index is 1.60. The van der Waals surface area contributed by atoms with Crippen molar-refractivity contribution < 1.29 is 5.11 Å². The van der Waals surface area contributed by atoms with Crippen LogP contribution >= 0.6 is 15.9 Å². The van der Waals surface area contributed by atoms with Crippen LogP contribution in [0.25, 0.3) is 0 Å². The van der Waals surface area contributed by atoms with Gasteiger partial charge < -0.3 is 5.11 Å². The van der Waals surface area contributed by atoms with Gasteiger partial charge in [-0.1, -0.05) is 28.8 Å². The molecule has 0 amide bonds. The van der Waals surface area contributed by atoms with E-state index in [9.17, 15) is 5.11 Å². The van der Waals surface area contributed by atoms with E-state index in [-0.39, 0.29) is 6.10 Å². The topological polar surface area (TPSA) is 20.2 Å². The van der Waals surface area contributed by atoms with E-state index in [0.29, 0.717) is 10.7 Å². The van der Waals surface area contributed by atoms with Crippen LogP contribution in [0.15, 0.2) is 0 Å². The Morgan fingerprint density at radius 3 is 2.37 bits per heavy atom. The molecule has 4 aliphatic rings. The molecule has 4 saturated carbocycles. The van der Waals surface area contributed by atoms with Crippen LogP contribution in [0, 0.1) is 35.5 Å². The molecular formula is C17H27BrO. The molecule has 4 aliphatic carbocycles. The van der Waals surface area contributed by atoms with Crippen molar-refractivity contribution in [2.24, 2.45) is 35.5 Å². The SMILES string of the molecule is OC1CCC(Br)C2CC[C@H]3[C@@H]4CCC[C@H]4CC[C@H]3[C@H]12. The summed E-state index contributed by atoms with van der Waals surface area (Å²) in [5, 5.41) is 10.6. The zero-order valence-electron chi connectivity index (χ0n) is 11.8. The summed E-state index contributed by atoms with van der Waals surface area (Å²) in [5.74, 6) is 5.30. The van der Waals surface area contributed by atoms with Gasteiger partial charge in [-0.15, -0.1) is 0 Å². The maximum atomic E-state index is 10.6. The molecule has 0 radical (unpaired) electrons. The second-order valence-corrected chi connectivity index (χ2v) is 8.92. The van der Waals surface area contributed by atoms with Crippen molar-refractivity contribution in [1.29, 1.82) is 0 Å². The summed E-state index contributed by atoms with van der Waals surface area (Å²) in [7, 11) is 0. The van der Waals surface area contributed by atoms with E-state index in [1.165, 1.54) is 51.4 Å². The molecule has 3 unspecified atom stereocenters. The van der Waals surface area contributed by atoms with Gasteiger partial charge in [0, 0.05) is 4.83 Å². The Labute approximate surface area is 125 Å². The highest BCUT2D eigenvalue weighted by Crippen LogP contribution is 2.58. The summed E-state index contributed by atoms with van der Waals surface area (Å²) < 4.78 is 0. The van der Waals surface area contributed by atoms with E-state index in [2.05, 4.69) is 15.9 Å². The van der Waals surface area contributed by atoms with Gasteiger partial charge in [0.25, 0.3) is 0 Å². The van der Waals surface area contributed by atoms with Gasteiger partial charge in [-0.2, -0.15) is 0 Å². The lowest BCUT2D eigenvalue weighted by atomic mass is 9.53. The lowest BCUT2D eigenvalue weighted by Crippen LogP contribution is -2.51. The third-order valence-corrected chi connectivity index (χ3v) is 8.29. The molecule has 2 heteroatoms. The molecule has 0 aromatic carbocycles. The van der Waals surface area contributed by atoms with Gasteiger partial charge in [0.2, 0.25) is 0 Å². The normalized spacial score (nSPS) is 57.2. The molecule has 0 aromatic heterocycles. The van der Waals surface area contributed by atoms with Gasteiger partial charge in [-0.3, -0.25) is 0 Å². The van der Waals surface area contributed by atoms with Crippen molar-refractivity contribution in [2.75, 3.05) is 0 Å². The minimum Gasteiger partial charge on any atom is -0.393 e. The number of halogens is 1. The first-order valence-electron chi connectivity index (χ1n) is 8.58. The predicted molar refractivity (Wildman–Crippen MR) is 81.2 cm³/mol. The standard InChI is InChI=1S/C17H27BrO/c18-15-8-9-16(19)17-13-5-4-10-2-1-3-11(10)12(13)6-7-14(15)17/h10-17,19H,1-9H2/t10-,11+,12-,13+,14?,15?,16?,17-/m0/s1. The molecule has 0 heterocycles. The van der Waals surface area contributed by atoms with Gasteiger partial charge in [-0.25, -0.2) is 0 Å². The fourth-order valence-electron chi connectivity index (χ4n) is 6.46. The number of rotatable bonds is 0. The van der Waals surface area contributed by atoms with Crippen molar-refractivity contribution in [2.45, 2.75) is 68.7 Å². The first kappa shape index (κ1) is 13.1. The second-order valence-electron chi connectivity index (χ2n) is 7.74. The number of aliphatic hydroxyl groups is 1. The molecule has 0 saturated heterocycles. The minimum absolute atomic E-state index is 0.00422. The van der Waals surface area contributed by atoms with Gasteiger partial charge in [0.05, 0.1) is 6.10 Å². The highest BCUT2D eigenvalue weighted by Gasteiger charge is 2.52. The Bertz CT molecular complexity index is 344. The van der Waals surface area contributed by atoms with Crippen molar-refractivity contribution in [3.63, 3.8) is 0 Å². The molecule has 0 aliphatic heterocycles. The molecule has 4 rings (SSSR count). The Morgan fingerprint density at radius 2 is 1.47 bits per heavy atom. The molecule has 19 heavy (non-hydrogen) atoms. The van der Waals surface area contributed by atoms with E-state index in [0.717, 1.165) is 36.0 Å². The molecular weight excluding hydrogens is 300 g/mol. The first-order valence-corrected chi connectivity index (χ1v) is 9.49. The summed E-state index contributed by atoms with van der Waals surface area (Å²) in [6, 6.07) is 0. The van der Waals surface area contributed by atoms with Crippen LogP contribution in [-0.4, -0.2) is 16.0 Å². The second kappa shape index (κ2) is 5.02. The lowest BCUT2D eigenvalue weighted by molar-refractivity contribution is -0.0782. The number of hydrogen-bond acceptors (Lipinski definition) is 1. The molecule has 108 valence electrons. The Hall–Kier alpha value is 0.440.